The molecule has 160 valence electrons. The zero-order chi connectivity index (χ0) is 21.4. The molecule has 2 aromatic rings. The van der Waals surface area contributed by atoms with Crippen LogP contribution >= 0.6 is 0 Å². The van der Waals surface area contributed by atoms with Crippen molar-refractivity contribution in [3.8, 4) is 11.5 Å². The van der Waals surface area contributed by atoms with Crippen LogP contribution in [-0.2, 0) is 4.79 Å². The van der Waals surface area contributed by atoms with Crippen LogP contribution in [0.25, 0.3) is 0 Å². The Morgan fingerprint density at radius 1 is 1.03 bits per heavy atom. The molecule has 0 unspecified atom stereocenters. The van der Waals surface area contributed by atoms with Crippen molar-refractivity contribution in [2.45, 2.75) is 26.2 Å². The van der Waals surface area contributed by atoms with Crippen molar-refractivity contribution in [2.75, 3.05) is 32.9 Å². The van der Waals surface area contributed by atoms with E-state index in [1.807, 2.05) is 30.3 Å². The molecular formula is C24H29NO5. The van der Waals surface area contributed by atoms with Crippen LogP contribution in [0.2, 0.25) is 0 Å². The highest BCUT2D eigenvalue weighted by molar-refractivity contribution is 5.94. The van der Waals surface area contributed by atoms with Gasteiger partial charge in [-0.3, -0.25) is 9.59 Å². The zero-order valence-corrected chi connectivity index (χ0v) is 17.4. The number of carbonyl (C=O) groups excluding carboxylic acids is 2. The number of aliphatic hydroxyl groups excluding tert-OH is 1. The Labute approximate surface area is 177 Å². The minimum absolute atomic E-state index is 0.0115. The molecule has 1 heterocycles. The molecule has 1 saturated heterocycles. The monoisotopic (exact) mass is 411 g/mol. The van der Waals surface area contributed by atoms with E-state index in [0.29, 0.717) is 37.4 Å². The predicted molar refractivity (Wildman–Crippen MR) is 114 cm³/mol. The molecule has 1 aliphatic heterocycles. The molecule has 1 atom stereocenters. The van der Waals surface area contributed by atoms with Gasteiger partial charge in [0.2, 0.25) is 0 Å². The van der Waals surface area contributed by atoms with E-state index in [1.165, 1.54) is 6.92 Å². The summed E-state index contributed by atoms with van der Waals surface area (Å²) in [7, 11) is 0. The maximum Gasteiger partial charge on any atom is 0.260 e. The molecule has 1 fully saturated rings. The molecule has 1 amide bonds. The number of hydrogen-bond acceptors (Lipinski definition) is 5. The number of ether oxygens (including phenoxy) is 2. The number of benzene rings is 2. The van der Waals surface area contributed by atoms with Gasteiger partial charge in [0.1, 0.15) is 11.5 Å². The van der Waals surface area contributed by atoms with Crippen molar-refractivity contribution >= 4 is 11.7 Å². The molecule has 2 aromatic carbocycles. The van der Waals surface area contributed by atoms with Gasteiger partial charge >= 0.3 is 0 Å². The van der Waals surface area contributed by atoms with Crippen LogP contribution in [0.15, 0.2) is 54.6 Å². The molecule has 6 heteroatoms. The van der Waals surface area contributed by atoms with E-state index >= 15 is 0 Å². The van der Waals surface area contributed by atoms with Crippen molar-refractivity contribution in [1.29, 1.82) is 0 Å². The van der Waals surface area contributed by atoms with Crippen molar-refractivity contribution in [2.24, 2.45) is 5.41 Å². The van der Waals surface area contributed by atoms with E-state index < -0.39 is 0 Å². The van der Waals surface area contributed by atoms with E-state index in [1.54, 1.807) is 29.2 Å². The SMILES string of the molecule is CC(=O)c1ccc(OCC(=O)N2CCC[C@](CO)(CCOc3ccccc3)C2)cc1. The van der Waals surface area contributed by atoms with Gasteiger partial charge in [0.25, 0.3) is 5.91 Å². The third kappa shape index (κ3) is 5.83. The first-order chi connectivity index (χ1) is 14.5. The van der Waals surface area contributed by atoms with Gasteiger partial charge in [0, 0.05) is 24.1 Å². The predicted octanol–water partition coefficient (Wildman–Crippen LogP) is 3.34. The molecule has 3 rings (SSSR count). The van der Waals surface area contributed by atoms with Gasteiger partial charge in [0.15, 0.2) is 12.4 Å². The molecule has 1 N–H and O–H groups in total. The second-order valence-electron chi connectivity index (χ2n) is 7.86. The van der Waals surface area contributed by atoms with Gasteiger partial charge < -0.3 is 19.5 Å². The molecule has 0 spiro atoms. The molecule has 0 bridgehead atoms. The van der Waals surface area contributed by atoms with Crippen molar-refractivity contribution < 1.29 is 24.2 Å². The van der Waals surface area contributed by atoms with E-state index in [4.69, 9.17) is 9.47 Å². The van der Waals surface area contributed by atoms with Crippen LogP contribution < -0.4 is 9.47 Å². The smallest absolute Gasteiger partial charge is 0.260 e. The minimum atomic E-state index is -0.355. The molecule has 6 nitrogen and oxygen atoms in total. The van der Waals surface area contributed by atoms with Crippen molar-refractivity contribution in [3.63, 3.8) is 0 Å². The Balaban J connectivity index is 1.51. The fraction of sp³-hybridized carbons (Fsp3) is 0.417. The second kappa shape index (κ2) is 10.3. The standard InChI is InChI=1S/C24H29NO5/c1-19(27)20-8-10-22(11-9-20)30-16-23(28)25-14-5-12-24(17-25,18-26)13-15-29-21-6-3-2-4-7-21/h2-4,6-11,26H,5,12-18H2,1H3/t24-/m0/s1. The number of likely N-dealkylation sites (tertiary alicyclic amines) is 1. The lowest BCUT2D eigenvalue weighted by molar-refractivity contribution is -0.138. The summed E-state index contributed by atoms with van der Waals surface area (Å²) in [5.74, 6) is 1.24. The van der Waals surface area contributed by atoms with Crippen LogP contribution in [0.3, 0.4) is 0 Å². The fourth-order valence-corrected chi connectivity index (χ4v) is 3.76. The highest BCUT2D eigenvalue weighted by atomic mass is 16.5. The number of ketones is 1. The average Bonchev–Trinajstić information content (AvgIpc) is 2.78. The number of para-hydroxylation sites is 1. The number of rotatable bonds is 9. The number of amides is 1. The first kappa shape index (κ1) is 21.8. The zero-order valence-electron chi connectivity index (χ0n) is 17.4. The maximum atomic E-state index is 12.7. The lowest BCUT2D eigenvalue weighted by atomic mass is 9.78. The number of hydrogen-bond donors (Lipinski definition) is 1. The fourth-order valence-electron chi connectivity index (χ4n) is 3.76. The summed E-state index contributed by atoms with van der Waals surface area (Å²) >= 11 is 0. The Morgan fingerprint density at radius 3 is 2.40 bits per heavy atom. The minimum Gasteiger partial charge on any atom is -0.494 e. The normalized spacial score (nSPS) is 18.7. The summed E-state index contributed by atoms with van der Waals surface area (Å²) in [6.45, 7) is 3.10. The summed E-state index contributed by atoms with van der Waals surface area (Å²) in [6.07, 6.45) is 2.37. The molecule has 1 aliphatic rings. The van der Waals surface area contributed by atoms with Crippen molar-refractivity contribution in [1.82, 2.24) is 4.90 Å². The summed E-state index contributed by atoms with van der Waals surface area (Å²) < 4.78 is 11.4. The Bertz CT molecular complexity index is 836. The van der Waals surface area contributed by atoms with E-state index in [2.05, 4.69) is 0 Å². The summed E-state index contributed by atoms with van der Waals surface area (Å²) in [5, 5.41) is 10.1. The Kier molecular flexibility index (Phi) is 7.46. The quantitative estimate of drug-likeness (QED) is 0.641. The number of nitrogens with zero attached hydrogens (tertiary/aromatic N) is 1. The van der Waals surface area contributed by atoms with E-state index in [9.17, 15) is 14.7 Å². The topological polar surface area (TPSA) is 76.1 Å². The van der Waals surface area contributed by atoms with Gasteiger partial charge in [-0.2, -0.15) is 0 Å². The number of carbonyl (C=O) groups is 2. The van der Waals surface area contributed by atoms with Gasteiger partial charge in [0.05, 0.1) is 13.2 Å². The van der Waals surface area contributed by atoms with Crippen LogP contribution in [0, 0.1) is 5.41 Å². The van der Waals surface area contributed by atoms with E-state index in [-0.39, 0.29) is 30.3 Å². The summed E-state index contributed by atoms with van der Waals surface area (Å²) in [4.78, 5) is 25.8. The number of aliphatic hydroxyl groups is 1. The summed E-state index contributed by atoms with van der Waals surface area (Å²) in [5.41, 5.74) is 0.251. The van der Waals surface area contributed by atoms with Crippen LogP contribution in [-0.4, -0.2) is 54.6 Å². The van der Waals surface area contributed by atoms with Crippen molar-refractivity contribution in [3.05, 3.63) is 60.2 Å². The largest absolute Gasteiger partial charge is 0.494 e. The molecule has 0 aromatic heterocycles. The van der Waals surface area contributed by atoms with Crippen LogP contribution in [0.1, 0.15) is 36.5 Å². The highest BCUT2D eigenvalue weighted by Crippen LogP contribution is 2.33. The van der Waals surface area contributed by atoms with Crippen LogP contribution in [0.5, 0.6) is 11.5 Å². The van der Waals surface area contributed by atoms with Gasteiger partial charge in [-0.1, -0.05) is 18.2 Å². The Morgan fingerprint density at radius 2 is 1.73 bits per heavy atom. The highest BCUT2D eigenvalue weighted by Gasteiger charge is 2.36. The van der Waals surface area contributed by atoms with Gasteiger partial charge in [-0.25, -0.2) is 0 Å². The number of Topliss-reactive ketones (excluding diaryl/α,β-unsaturated/α-hetero) is 1. The molecule has 0 radical (unpaired) electrons. The molecule has 0 saturated carbocycles. The maximum absolute atomic E-state index is 12.7. The van der Waals surface area contributed by atoms with Gasteiger partial charge in [-0.15, -0.1) is 0 Å². The average molecular weight is 411 g/mol. The first-order valence-electron chi connectivity index (χ1n) is 10.3. The molecule has 0 aliphatic carbocycles. The lowest BCUT2D eigenvalue weighted by Crippen LogP contribution is -2.49. The van der Waals surface area contributed by atoms with Gasteiger partial charge in [-0.05, 0) is 62.6 Å². The first-order valence-corrected chi connectivity index (χ1v) is 10.3. The third-order valence-corrected chi connectivity index (χ3v) is 5.62. The lowest BCUT2D eigenvalue weighted by Gasteiger charge is -2.41. The second-order valence-corrected chi connectivity index (χ2v) is 7.86. The summed E-state index contributed by atoms with van der Waals surface area (Å²) in [6, 6.07) is 16.4. The van der Waals surface area contributed by atoms with E-state index in [0.717, 1.165) is 18.6 Å². The Hall–Kier alpha value is -2.86. The third-order valence-electron chi connectivity index (χ3n) is 5.62. The molecule has 30 heavy (non-hydrogen) atoms. The molecular weight excluding hydrogens is 382 g/mol. The van der Waals surface area contributed by atoms with Crippen LogP contribution in [0.4, 0.5) is 0 Å². The number of piperidine rings is 1.